The second kappa shape index (κ2) is 7.06. The number of hydrogen-bond acceptors (Lipinski definition) is 5. The zero-order chi connectivity index (χ0) is 13.8. The van der Waals surface area contributed by atoms with Crippen molar-refractivity contribution in [3.63, 3.8) is 0 Å². The molecule has 2 aromatic rings. The van der Waals surface area contributed by atoms with E-state index in [0.717, 1.165) is 5.56 Å². The van der Waals surface area contributed by atoms with Crippen molar-refractivity contribution in [2.24, 2.45) is 7.05 Å². The molecule has 0 aromatic carbocycles. The first-order chi connectivity index (χ1) is 9.11. The lowest BCUT2D eigenvalue weighted by Crippen LogP contribution is -2.30. The summed E-state index contributed by atoms with van der Waals surface area (Å²) >= 11 is 0. The number of carbonyl (C=O) groups excluding carboxylic acids is 1. The molecule has 0 spiro atoms. The Kier molecular flexibility index (Phi) is 5.72. The summed E-state index contributed by atoms with van der Waals surface area (Å²) in [6.07, 6.45) is 3.43. The molecule has 7 nitrogen and oxygen atoms in total. The van der Waals surface area contributed by atoms with Crippen LogP contribution >= 0.6 is 12.4 Å². The molecular formula is C12H18ClN5O2. The number of aryl methyl sites for hydroxylation is 2. The van der Waals surface area contributed by atoms with Crippen molar-refractivity contribution in [2.75, 3.05) is 20.1 Å². The molecule has 2 heterocycles. The Morgan fingerprint density at radius 1 is 1.45 bits per heavy atom. The fraction of sp³-hybridized carbons (Fsp3) is 0.417. The van der Waals surface area contributed by atoms with Crippen molar-refractivity contribution in [1.29, 1.82) is 0 Å². The van der Waals surface area contributed by atoms with E-state index in [0.29, 0.717) is 30.4 Å². The fourth-order valence-electron chi connectivity index (χ4n) is 1.65. The maximum absolute atomic E-state index is 11.9. The minimum absolute atomic E-state index is 0. The summed E-state index contributed by atoms with van der Waals surface area (Å²) in [7, 11) is 3.64. The van der Waals surface area contributed by atoms with Gasteiger partial charge in [-0.1, -0.05) is 0 Å². The van der Waals surface area contributed by atoms with E-state index in [4.69, 9.17) is 4.42 Å². The average Bonchev–Trinajstić information content (AvgIpc) is 2.95. The lowest BCUT2D eigenvalue weighted by molar-refractivity contribution is 0.0948. The van der Waals surface area contributed by atoms with Crippen molar-refractivity contribution in [3.05, 3.63) is 23.8 Å². The SMILES string of the molecule is CNCCNC(=O)c1nc(-c2cnn(C)c2)oc1C.Cl. The molecule has 1 amide bonds. The van der Waals surface area contributed by atoms with Gasteiger partial charge < -0.3 is 15.1 Å². The normalized spacial score (nSPS) is 10.2. The zero-order valence-electron chi connectivity index (χ0n) is 11.6. The molecule has 0 saturated heterocycles. The second-order valence-corrected chi connectivity index (χ2v) is 4.19. The van der Waals surface area contributed by atoms with Crippen LogP contribution in [-0.4, -0.2) is 40.8 Å². The Labute approximate surface area is 123 Å². The first-order valence-electron chi connectivity index (χ1n) is 6.01. The van der Waals surface area contributed by atoms with Gasteiger partial charge in [0.25, 0.3) is 5.91 Å². The molecule has 2 N–H and O–H groups in total. The summed E-state index contributed by atoms with van der Waals surface area (Å²) in [5.41, 5.74) is 1.06. The Balaban J connectivity index is 0.00000200. The van der Waals surface area contributed by atoms with E-state index in [-0.39, 0.29) is 18.3 Å². The van der Waals surface area contributed by atoms with Gasteiger partial charge in [-0.05, 0) is 14.0 Å². The molecule has 2 aromatic heterocycles. The smallest absolute Gasteiger partial charge is 0.273 e. The summed E-state index contributed by atoms with van der Waals surface area (Å²) in [4.78, 5) is 16.1. The zero-order valence-corrected chi connectivity index (χ0v) is 12.5. The number of oxazole rings is 1. The van der Waals surface area contributed by atoms with Gasteiger partial charge in [0.15, 0.2) is 5.69 Å². The number of aromatic nitrogens is 3. The van der Waals surface area contributed by atoms with Crippen molar-refractivity contribution >= 4 is 18.3 Å². The van der Waals surface area contributed by atoms with Gasteiger partial charge in [-0.25, -0.2) is 4.98 Å². The highest BCUT2D eigenvalue weighted by Gasteiger charge is 2.18. The lowest BCUT2D eigenvalue weighted by Gasteiger charge is -2.01. The number of halogens is 1. The number of nitrogens with one attached hydrogen (secondary N) is 2. The van der Waals surface area contributed by atoms with Crippen LogP contribution < -0.4 is 10.6 Å². The number of carbonyl (C=O) groups is 1. The molecule has 110 valence electrons. The molecule has 0 aliphatic heterocycles. The van der Waals surface area contributed by atoms with Gasteiger partial charge in [0.1, 0.15) is 5.76 Å². The Hall–Kier alpha value is -1.86. The van der Waals surface area contributed by atoms with Crippen LogP contribution in [0.4, 0.5) is 0 Å². The third kappa shape index (κ3) is 3.58. The number of nitrogens with zero attached hydrogens (tertiary/aromatic N) is 3. The third-order valence-electron chi connectivity index (χ3n) is 2.62. The number of amides is 1. The molecule has 0 bridgehead atoms. The van der Waals surface area contributed by atoms with Crippen LogP contribution in [-0.2, 0) is 7.05 Å². The van der Waals surface area contributed by atoms with Crippen LogP contribution in [0.5, 0.6) is 0 Å². The van der Waals surface area contributed by atoms with Gasteiger partial charge in [-0.3, -0.25) is 9.48 Å². The molecule has 0 aliphatic carbocycles. The Morgan fingerprint density at radius 2 is 2.20 bits per heavy atom. The highest BCUT2D eigenvalue weighted by atomic mass is 35.5. The maximum Gasteiger partial charge on any atom is 0.273 e. The minimum Gasteiger partial charge on any atom is -0.440 e. The van der Waals surface area contributed by atoms with Gasteiger partial charge in [0, 0.05) is 26.3 Å². The highest BCUT2D eigenvalue weighted by Crippen LogP contribution is 2.20. The summed E-state index contributed by atoms with van der Waals surface area (Å²) in [5, 5.41) is 9.76. The molecule has 20 heavy (non-hydrogen) atoms. The largest absolute Gasteiger partial charge is 0.440 e. The van der Waals surface area contributed by atoms with Gasteiger partial charge in [0.2, 0.25) is 5.89 Å². The van der Waals surface area contributed by atoms with Crippen LogP contribution in [0, 0.1) is 6.92 Å². The van der Waals surface area contributed by atoms with Gasteiger partial charge in [-0.15, -0.1) is 12.4 Å². The molecule has 0 atom stereocenters. The van der Waals surface area contributed by atoms with Crippen LogP contribution in [0.15, 0.2) is 16.8 Å². The predicted molar refractivity (Wildman–Crippen MR) is 76.9 cm³/mol. The summed E-state index contributed by atoms with van der Waals surface area (Å²) in [6, 6.07) is 0. The van der Waals surface area contributed by atoms with E-state index < -0.39 is 0 Å². The predicted octanol–water partition coefficient (Wildman–Crippen LogP) is 0.755. The van der Waals surface area contributed by atoms with Crippen LogP contribution in [0.25, 0.3) is 11.5 Å². The number of hydrogen-bond donors (Lipinski definition) is 2. The fourth-order valence-corrected chi connectivity index (χ4v) is 1.65. The van der Waals surface area contributed by atoms with Gasteiger partial charge in [-0.2, -0.15) is 5.10 Å². The van der Waals surface area contributed by atoms with E-state index in [9.17, 15) is 4.79 Å². The standard InChI is InChI=1S/C12H17N5O2.ClH/c1-8-10(11(18)14-5-4-13-2)16-12(19-8)9-6-15-17(3)7-9;/h6-7,13H,4-5H2,1-3H3,(H,14,18);1H. The molecule has 0 unspecified atom stereocenters. The molecule has 0 fully saturated rings. The average molecular weight is 300 g/mol. The Bertz CT molecular complexity index is 578. The first kappa shape index (κ1) is 16.2. The summed E-state index contributed by atoms with van der Waals surface area (Å²) in [6.45, 7) is 2.97. The Morgan fingerprint density at radius 3 is 2.80 bits per heavy atom. The molecule has 0 radical (unpaired) electrons. The van der Waals surface area contributed by atoms with E-state index in [1.165, 1.54) is 0 Å². The first-order valence-corrected chi connectivity index (χ1v) is 6.01. The molecule has 0 saturated carbocycles. The maximum atomic E-state index is 11.9. The second-order valence-electron chi connectivity index (χ2n) is 4.19. The van der Waals surface area contributed by atoms with E-state index in [1.54, 1.807) is 24.0 Å². The molecule has 0 aliphatic rings. The number of rotatable bonds is 5. The van der Waals surface area contributed by atoms with Crippen LogP contribution in [0.2, 0.25) is 0 Å². The van der Waals surface area contributed by atoms with E-state index in [2.05, 4.69) is 20.7 Å². The monoisotopic (exact) mass is 299 g/mol. The third-order valence-corrected chi connectivity index (χ3v) is 2.62. The molecule has 8 heteroatoms. The van der Waals surface area contributed by atoms with Gasteiger partial charge in [0.05, 0.1) is 11.8 Å². The summed E-state index contributed by atoms with van der Waals surface area (Å²) in [5.74, 6) is 0.678. The van der Waals surface area contributed by atoms with E-state index >= 15 is 0 Å². The number of likely N-dealkylation sites (N-methyl/N-ethyl adjacent to an activating group) is 1. The molecular weight excluding hydrogens is 282 g/mol. The quantitative estimate of drug-likeness (QED) is 0.796. The lowest BCUT2D eigenvalue weighted by atomic mass is 10.3. The van der Waals surface area contributed by atoms with Gasteiger partial charge >= 0.3 is 0 Å². The van der Waals surface area contributed by atoms with E-state index in [1.807, 2.05) is 14.1 Å². The summed E-state index contributed by atoms with van der Waals surface area (Å²) < 4.78 is 7.15. The van der Waals surface area contributed by atoms with Crippen molar-refractivity contribution in [2.45, 2.75) is 6.92 Å². The van der Waals surface area contributed by atoms with Crippen molar-refractivity contribution in [3.8, 4) is 11.5 Å². The van der Waals surface area contributed by atoms with Crippen molar-refractivity contribution < 1.29 is 9.21 Å². The highest BCUT2D eigenvalue weighted by molar-refractivity contribution is 5.93. The van der Waals surface area contributed by atoms with Crippen molar-refractivity contribution in [1.82, 2.24) is 25.4 Å². The minimum atomic E-state index is -0.230. The molecule has 2 rings (SSSR count). The topological polar surface area (TPSA) is 85.0 Å². The van der Waals surface area contributed by atoms with Crippen LogP contribution in [0.3, 0.4) is 0 Å². The van der Waals surface area contributed by atoms with Crippen LogP contribution in [0.1, 0.15) is 16.2 Å².